The fourth-order valence-electron chi connectivity index (χ4n) is 1.62. The third-order valence-electron chi connectivity index (χ3n) is 2.41. The summed E-state index contributed by atoms with van der Waals surface area (Å²) in [4.78, 5) is 12.6. The Morgan fingerprint density at radius 1 is 1.69 bits per heavy atom. The van der Waals surface area contributed by atoms with Gasteiger partial charge in [0.1, 0.15) is 0 Å². The molecule has 1 unspecified atom stereocenters. The van der Waals surface area contributed by atoms with Crippen LogP contribution in [0.4, 0.5) is 5.13 Å². The first-order valence-electron chi connectivity index (χ1n) is 5.08. The summed E-state index contributed by atoms with van der Waals surface area (Å²) in [5, 5.41) is 17.5. The van der Waals surface area contributed by atoms with E-state index in [-0.39, 0.29) is 5.75 Å². The SMILES string of the molecule is CC1CCN(c2nnc(SCC(=O)O)s2)C1. The Balaban J connectivity index is 1.94. The number of carboxylic acids is 1. The molecule has 0 aromatic carbocycles. The summed E-state index contributed by atoms with van der Waals surface area (Å²) < 4.78 is 0.733. The van der Waals surface area contributed by atoms with Crippen molar-refractivity contribution >= 4 is 34.2 Å². The van der Waals surface area contributed by atoms with Crippen LogP contribution in [0.15, 0.2) is 4.34 Å². The molecule has 0 spiro atoms. The molecule has 1 aliphatic heterocycles. The van der Waals surface area contributed by atoms with Crippen molar-refractivity contribution in [2.24, 2.45) is 5.92 Å². The van der Waals surface area contributed by atoms with Crippen molar-refractivity contribution in [3.05, 3.63) is 0 Å². The van der Waals surface area contributed by atoms with Gasteiger partial charge in [0.15, 0.2) is 4.34 Å². The lowest BCUT2D eigenvalue weighted by atomic mass is 10.2. The van der Waals surface area contributed by atoms with E-state index in [0.717, 1.165) is 22.6 Å². The maximum Gasteiger partial charge on any atom is 0.313 e. The molecule has 5 nitrogen and oxygen atoms in total. The minimum Gasteiger partial charge on any atom is -0.481 e. The van der Waals surface area contributed by atoms with Gasteiger partial charge in [0.25, 0.3) is 0 Å². The van der Waals surface area contributed by atoms with Gasteiger partial charge < -0.3 is 10.0 Å². The molecule has 1 aliphatic rings. The normalized spacial score (nSPS) is 20.3. The highest BCUT2D eigenvalue weighted by Gasteiger charge is 2.22. The predicted molar refractivity (Wildman–Crippen MR) is 64.3 cm³/mol. The molecule has 2 rings (SSSR count). The van der Waals surface area contributed by atoms with E-state index in [9.17, 15) is 4.79 Å². The molecule has 1 atom stereocenters. The highest BCUT2D eigenvalue weighted by molar-refractivity contribution is 8.01. The van der Waals surface area contributed by atoms with Crippen molar-refractivity contribution in [2.75, 3.05) is 23.7 Å². The quantitative estimate of drug-likeness (QED) is 0.828. The fourth-order valence-corrected chi connectivity index (χ4v) is 3.22. The summed E-state index contributed by atoms with van der Waals surface area (Å²) in [5.74, 6) is -0.0686. The molecular formula is C9H13N3O2S2. The van der Waals surface area contributed by atoms with E-state index in [1.54, 1.807) is 0 Å². The van der Waals surface area contributed by atoms with Crippen molar-refractivity contribution < 1.29 is 9.90 Å². The molecule has 1 saturated heterocycles. The van der Waals surface area contributed by atoms with Crippen molar-refractivity contribution in [3.63, 3.8) is 0 Å². The molecule has 88 valence electrons. The molecule has 2 heterocycles. The molecular weight excluding hydrogens is 246 g/mol. The van der Waals surface area contributed by atoms with Crippen LogP contribution < -0.4 is 4.90 Å². The molecule has 0 radical (unpaired) electrons. The summed E-state index contributed by atoms with van der Waals surface area (Å²) >= 11 is 2.71. The monoisotopic (exact) mass is 259 g/mol. The third-order valence-corrected chi connectivity index (χ3v) is 4.51. The average molecular weight is 259 g/mol. The van der Waals surface area contributed by atoms with Gasteiger partial charge in [-0.05, 0) is 12.3 Å². The van der Waals surface area contributed by atoms with Gasteiger partial charge in [0.05, 0.1) is 5.75 Å². The van der Waals surface area contributed by atoms with E-state index in [4.69, 9.17) is 5.11 Å². The summed E-state index contributed by atoms with van der Waals surface area (Å²) in [7, 11) is 0. The topological polar surface area (TPSA) is 66.3 Å². The fraction of sp³-hybridized carbons (Fsp3) is 0.667. The summed E-state index contributed by atoms with van der Waals surface area (Å²) in [5.41, 5.74) is 0. The predicted octanol–water partition coefficient (Wildman–Crippen LogP) is 1.56. The number of carboxylic acid groups (broad SMARTS) is 1. The Labute approximate surface area is 102 Å². The molecule has 7 heteroatoms. The molecule has 1 fully saturated rings. The zero-order valence-corrected chi connectivity index (χ0v) is 10.6. The number of hydrogen-bond donors (Lipinski definition) is 1. The van der Waals surface area contributed by atoms with E-state index in [1.807, 2.05) is 0 Å². The third kappa shape index (κ3) is 2.85. The minimum absolute atomic E-state index is 0.0467. The first-order chi connectivity index (χ1) is 7.65. The largest absolute Gasteiger partial charge is 0.481 e. The number of aromatic nitrogens is 2. The zero-order valence-electron chi connectivity index (χ0n) is 8.92. The Morgan fingerprint density at radius 3 is 3.12 bits per heavy atom. The molecule has 0 bridgehead atoms. The van der Waals surface area contributed by atoms with Crippen LogP contribution in [-0.2, 0) is 4.79 Å². The second-order valence-corrected chi connectivity index (χ2v) is 6.05. The minimum atomic E-state index is -0.823. The van der Waals surface area contributed by atoms with Crippen molar-refractivity contribution in [1.29, 1.82) is 0 Å². The lowest BCUT2D eigenvalue weighted by Gasteiger charge is -2.12. The van der Waals surface area contributed by atoms with Gasteiger partial charge in [-0.1, -0.05) is 30.0 Å². The number of rotatable bonds is 4. The Hall–Kier alpha value is -0.820. The van der Waals surface area contributed by atoms with Crippen LogP contribution in [0.25, 0.3) is 0 Å². The molecule has 0 aliphatic carbocycles. The second kappa shape index (κ2) is 5.01. The first kappa shape index (κ1) is 11.7. The summed E-state index contributed by atoms with van der Waals surface area (Å²) in [6, 6.07) is 0. The van der Waals surface area contributed by atoms with Crippen LogP contribution >= 0.6 is 23.1 Å². The molecule has 0 saturated carbocycles. The number of anilines is 1. The number of aliphatic carboxylic acids is 1. The van der Waals surface area contributed by atoms with Crippen molar-refractivity contribution in [2.45, 2.75) is 17.7 Å². The van der Waals surface area contributed by atoms with E-state index < -0.39 is 5.97 Å². The van der Waals surface area contributed by atoms with Crippen LogP contribution in [0.3, 0.4) is 0 Å². The van der Waals surface area contributed by atoms with Gasteiger partial charge in [0.2, 0.25) is 5.13 Å². The van der Waals surface area contributed by atoms with Crippen LogP contribution in [0.2, 0.25) is 0 Å². The lowest BCUT2D eigenvalue weighted by Crippen LogP contribution is -2.18. The molecule has 1 aromatic heterocycles. The second-order valence-electron chi connectivity index (χ2n) is 3.87. The Kier molecular flexibility index (Phi) is 3.65. The van der Waals surface area contributed by atoms with Gasteiger partial charge in [-0.15, -0.1) is 10.2 Å². The van der Waals surface area contributed by atoms with E-state index in [0.29, 0.717) is 5.92 Å². The van der Waals surface area contributed by atoms with Crippen molar-refractivity contribution in [1.82, 2.24) is 10.2 Å². The highest BCUT2D eigenvalue weighted by Crippen LogP contribution is 2.30. The van der Waals surface area contributed by atoms with Crippen LogP contribution in [0.5, 0.6) is 0 Å². The molecule has 16 heavy (non-hydrogen) atoms. The van der Waals surface area contributed by atoms with Gasteiger partial charge in [-0.25, -0.2) is 0 Å². The molecule has 0 amide bonds. The summed E-state index contributed by atoms with van der Waals surface area (Å²) in [6.45, 7) is 4.28. The Morgan fingerprint density at radius 2 is 2.50 bits per heavy atom. The van der Waals surface area contributed by atoms with E-state index in [2.05, 4.69) is 22.0 Å². The number of hydrogen-bond acceptors (Lipinski definition) is 6. The maximum absolute atomic E-state index is 10.4. The van der Waals surface area contributed by atoms with Gasteiger partial charge >= 0.3 is 5.97 Å². The average Bonchev–Trinajstić information content (AvgIpc) is 2.83. The van der Waals surface area contributed by atoms with Gasteiger partial charge in [-0.3, -0.25) is 4.79 Å². The Bertz CT molecular complexity index is 383. The van der Waals surface area contributed by atoms with Gasteiger partial charge in [0, 0.05) is 13.1 Å². The van der Waals surface area contributed by atoms with Gasteiger partial charge in [-0.2, -0.15) is 0 Å². The van der Waals surface area contributed by atoms with Crippen LogP contribution in [0, 0.1) is 5.92 Å². The lowest BCUT2D eigenvalue weighted by molar-refractivity contribution is -0.133. The van der Waals surface area contributed by atoms with Crippen LogP contribution in [-0.4, -0.2) is 40.1 Å². The highest BCUT2D eigenvalue weighted by atomic mass is 32.2. The summed E-state index contributed by atoms with van der Waals surface area (Å²) in [6.07, 6.45) is 1.19. The smallest absolute Gasteiger partial charge is 0.313 e. The standard InChI is InChI=1S/C9H13N3O2S2/c1-6-2-3-12(4-6)8-10-11-9(16-8)15-5-7(13)14/h6H,2-5H2,1H3,(H,13,14). The molecule has 1 N–H and O–H groups in total. The maximum atomic E-state index is 10.4. The van der Waals surface area contributed by atoms with Crippen molar-refractivity contribution in [3.8, 4) is 0 Å². The number of carbonyl (C=O) groups is 1. The number of nitrogens with zero attached hydrogens (tertiary/aromatic N) is 3. The van der Waals surface area contributed by atoms with E-state index in [1.165, 1.54) is 29.5 Å². The van der Waals surface area contributed by atoms with Crippen LogP contribution in [0.1, 0.15) is 13.3 Å². The number of thioether (sulfide) groups is 1. The zero-order chi connectivity index (χ0) is 11.5. The molecule has 1 aromatic rings. The van der Waals surface area contributed by atoms with E-state index >= 15 is 0 Å². The first-order valence-corrected chi connectivity index (χ1v) is 6.88.